The molecule has 0 unspecified atom stereocenters. The maximum absolute atomic E-state index is 9.25. The number of aryl methyl sites for hydroxylation is 1. The van der Waals surface area contributed by atoms with Gasteiger partial charge in [-0.2, -0.15) is 0 Å². The van der Waals surface area contributed by atoms with Gasteiger partial charge in [-0.15, -0.1) is 0 Å². The number of rotatable bonds is 9. The zero-order valence-electron chi connectivity index (χ0n) is 17.5. The summed E-state index contributed by atoms with van der Waals surface area (Å²) >= 11 is 1.48. The van der Waals surface area contributed by atoms with Gasteiger partial charge >= 0.3 is 0 Å². The van der Waals surface area contributed by atoms with E-state index in [9.17, 15) is 10.2 Å². The summed E-state index contributed by atoms with van der Waals surface area (Å²) in [6, 6.07) is 15.5. The highest BCUT2D eigenvalue weighted by molar-refractivity contribution is 8.16. The van der Waals surface area contributed by atoms with Gasteiger partial charge in [0.1, 0.15) is 16.5 Å². The van der Waals surface area contributed by atoms with Crippen molar-refractivity contribution >= 4 is 16.8 Å². The van der Waals surface area contributed by atoms with Crippen molar-refractivity contribution < 1.29 is 14.9 Å². The standard InChI is InChI=1S/C21H26N2O3S.C2H6/c1-3-27-20(23-2)17-6-10-19(11-7-17)26-18-8-4-16(5-9-18)12-13-21(22,14-24)15-25;1-2/h3-11,24-25H,1,12-15,22H2,2H3;1-2H3. The van der Waals surface area contributed by atoms with Crippen molar-refractivity contribution in [1.29, 1.82) is 0 Å². The number of benzene rings is 2. The Morgan fingerprint density at radius 2 is 1.59 bits per heavy atom. The van der Waals surface area contributed by atoms with Gasteiger partial charge in [0.05, 0.1) is 18.8 Å². The van der Waals surface area contributed by atoms with Crippen molar-refractivity contribution in [2.24, 2.45) is 10.7 Å². The van der Waals surface area contributed by atoms with Crippen LogP contribution in [0.5, 0.6) is 11.5 Å². The van der Waals surface area contributed by atoms with Gasteiger partial charge in [0.15, 0.2) is 0 Å². The van der Waals surface area contributed by atoms with Gasteiger partial charge < -0.3 is 20.7 Å². The number of thioether (sulfide) groups is 1. The van der Waals surface area contributed by atoms with E-state index in [1.165, 1.54) is 11.8 Å². The molecule has 0 radical (unpaired) electrons. The topological polar surface area (TPSA) is 88.1 Å². The van der Waals surface area contributed by atoms with Crippen LogP contribution in [0.1, 0.15) is 31.4 Å². The number of aliphatic hydroxyl groups excluding tert-OH is 2. The monoisotopic (exact) mass is 416 g/mol. The lowest BCUT2D eigenvalue weighted by molar-refractivity contribution is 0.115. The fraction of sp³-hybridized carbons (Fsp3) is 0.348. The predicted molar refractivity (Wildman–Crippen MR) is 124 cm³/mol. The van der Waals surface area contributed by atoms with Crippen molar-refractivity contribution in [3.05, 3.63) is 71.6 Å². The molecule has 0 atom stereocenters. The molecule has 2 aromatic carbocycles. The van der Waals surface area contributed by atoms with E-state index in [0.717, 1.165) is 27.7 Å². The molecule has 158 valence electrons. The molecule has 0 aliphatic carbocycles. The molecular weight excluding hydrogens is 384 g/mol. The summed E-state index contributed by atoms with van der Waals surface area (Å²) in [6.07, 6.45) is 1.18. The minimum Gasteiger partial charge on any atom is -0.457 e. The first-order chi connectivity index (χ1) is 14.0. The van der Waals surface area contributed by atoms with Gasteiger partial charge in [-0.3, -0.25) is 4.99 Å². The van der Waals surface area contributed by atoms with Crippen molar-refractivity contribution in [2.75, 3.05) is 20.3 Å². The Hall–Kier alpha value is -2.12. The van der Waals surface area contributed by atoms with Crippen LogP contribution in [0.2, 0.25) is 0 Å². The molecule has 0 heterocycles. The summed E-state index contributed by atoms with van der Waals surface area (Å²) in [5, 5.41) is 21.2. The van der Waals surface area contributed by atoms with E-state index in [2.05, 4.69) is 11.6 Å². The van der Waals surface area contributed by atoms with Gasteiger partial charge in [0.2, 0.25) is 0 Å². The maximum Gasteiger partial charge on any atom is 0.127 e. The molecule has 0 aliphatic rings. The zero-order chi connectivity index (χ0) is 21.7. The van der Waals surface area contributed by atoms with Gasteiger partial charge in [0.25, 0.3) is 0 Å². The lowest BCUT2D eigenvalue weighted by atomic mass is 9.94. The normalized spacial score (nSPS) is 11.4. The molecule has 0 aromatic heterocycles. The van der Waals surface area contributed by atoms with Crippen LogP contribution in [0.25, 0.3) is 0 Å². The second kappa shape index (κ2) is 13.2. The van der Waals surface area contributed by atoms with Gasteiger partial charge in [0, 0.05) is 12.6 Å². The number of hydrogen-bond acceptors (Lipinski definition) is 6. The van der Waals surface area contributed by atoms with Gasteiger partial charge in [-0.1, -0.05) is 44.3 Å². The molecule has 5 nitrogen and oxygen atoms in total. The minimum absolute atomic E-state index is 0.240. The second-order valence-corrected chi connectivity index (χ2v) is 7.22. The Morgan fingerprint density at radius 1 is 1.07 bits per heavy atom. The van der Waals surface area contributed by atoms with Crippen molar-refractivity contribution in [2.45, 2.75) is 32.2 Å². The van der Waals surface area contributed by atoms with E-state index in [1.807, 2.05) is 62.4 Å². The lowest BCUT2D eigenvalue weighted by Gasteiger charge is -2.24. The molecule has 4 N–H and O–H groups in total. The first-order valence-electron chi connectivity index (χ1n) is 9.66. The van der Waals surface area contributed by atoms with Crippen LogP contribution < -0.4 is 10.5 Å². The highest BCUT2D eigenvalue weighted by atomic mass is 32.2. The van der Waals surface area contributed by atoms with E-state index in [1.54, 1.807) is 12.5 Å². The lowest BCUT2D eigenvalue weighted by Crippen LogP contribution is -2.47. The van der Waals surface area contributed by atoms with Crippen LogP contribution in [-0.2, 0) is 6.42 Å². The van der Waals surface area contributed by atoms with Crippen LogP contribution in [0, 0.1) is 0 Å². The van der Waals surface area contributed by atoms with Crippen molar-refractivity contribution in [1.82, 2.24) is 0 Å². The molecule has 0 aliphatic heterocycles. The summed E-state index contributed by atoms with van der Waals surface area (Å²) in [5.74, 6) is 1.48. The van der Waals surface area contributed by atoms with E-state index in [0.29, 0.717) is 12.8 Å². The summed E-state index contributed by atoms with van der Waals surface area (Å²) in [4.78, 5) is 4.25. The quantitative estimate of drug-likeness (QED) is 0.417. The summed E-state index contributed by atoms with van der Waals surface area (Å²) < 4.78 is 5.88. The van der Waals surface area contributed by atoms with E-state index < -0.39 is 5.54 Å². The third-order valence-electron chi connectivity index (χ3n) is 4.20. The molecule has 0 bridgehead atoms. The fourth-order valence-electron chi connectivity index (χ4n) is 2.46. The summed E-state index contributed by atoms with van der Waals surface area (Å²) in [6.45, 7) is 7.24. The average Bonchev–Trinajstić information content (AvgIpc) is 2.79. The molecule has 29 heavy (non-hydrogen) atoms. The van der Waals surface area contributed by atoms with E-state index in [4.69, 9.17) is 10.5 Å². The fourth-order valence-corrected chi connectivity index (χ4v) is 2.99. The molecule has 0 amide bonds. The zero-order valence-corrected chi connectivity index (χ0v) is 18.3. The van der Waals surface area contributed by atoms with E-state index in [-0.39, 0.29) is 13.2 Å². The van der Waals surface area contributed by atoms with Crippen molar-refractivity contribution in [3.8, 4) is 11.5 Å². The molecule has 0 spiro atoms. The number of hydrogen-bond donors (Lipinski definition) is 3. The molecule has 2 rings (SSSR count). The smallest absolute Gasteiger partial charge is 0.127 e. The van der Waals surface area contributed by atoms with Gasteiger partial charge in [-0.05, 0) is 60.2 Å². The minimum atomic E-state index is -0.943. The van der Waals surface area contributed by atoms with Gasteiger partial charge in [-0.25, -0.2) is 0 Å². The highest BCUT2D eigenvalue weighted by Gasteiger charge is 2.22. The molecule has 0 saturated heterocycles. The molecule has 0 saturated carbocycles. The van der Waals surface area contributed by atoms with Crippen molar-refractivity contribution in [3.63, 3.8) is 0 Å². The Morgan fingerprint density at radius 3 is 2.03 bits per heavy atom. The summed E-state index contributed by atoms with van der Waals surface area (Å²) in [5.41, 5.74) is 7.04. The van der Waals surface area contributed by atoms with Crippen LogP contribution in [0.3, 0.4) is 0 Å². The molecular formula is C23H32N2O3S. The summed E-state index contributed by atoms with van der Waals surface area (Å²) in [7, 11) is 1.76. The Labute approximate surface area is 178 Å². The number of aliphatic hydroxyl groups is 2. The predicted octanol–water partition coefficient (Wildman–Crippen LogP) is 4.37. The SMILES string of the molecule is C=CSC(=NC)c1ccc(Oc2ccc(CCC(N)(CO)CO)cc2)cc1.CC. The van der Waals surface area contributed by atoms with Crippen LogP contribution in [-0.4, -0.2) is 41.1 Å². The number of aliphatic imine (C=N–C) groups is 1. The second-order valence-electron chi connectivity index (χ2n) is 6.26. The molecule has 2 aromatic rings. The van der Waals surface area contributed by atoms with E-state index >= 15 is 0 Å². The maximum atomic E-state index is 9.25. The third kappa shape index (κ3) is 8.03. The third-order valence-corrected chi connectivity index (χ3v) is 5.01. The Balaban J connectivity index is 0.00000204. The number of nitrogens with two attached hydrogens (primary N) is 1. The van der Waals surface area contributed by atoms with Crippen LogP contribution in [0.15, 0.2) is 65.5 Å². The number of ether oxygens (including phenoxy) is 1. The Bertz CT molecular complexity index is 755. The largest absolute Gasteiger partial charge is 0.457 e. The highest BCUT2D eigenvalue weighted by Crippen LogP contribution is 2.24. The molecule has 0 fully saturated rings. The van der Waals surface area contributed by atoms with Crippen LogP contribution >= 0.6 is 11.8 Å². The molecule has 6 heteroatoms. The number of nitrogens with zero attached hydrogens (tertiary/aromatic N) is 1. The average molecular weight is 417 g/mol. The Kier molecular flexibility index (Phi) is 11.3. The first-order valence-corrected chi connectivity index (χ1v) is 10.5. The van der Waals surface area contributed by atoms with Crippen LogP contribution in [0.4, 0.5) is 0 Å². The first kappa shape index (κ1) is 24.9.